The van der Waals surface area contributed by atoms with E-state index in [0.717, 1.165) is 23.7 Å². The standard InChI is InChI=1S/C18H16N2OS2/c22-18(19-13-17-7-4-12-23-17)20-14-8-10-16(11-9-14)21-15-5-2-1-3-6-15/h1-12H,13H2,(H2,19,20,22). The number of ether oxygens (including phenoxy) is 1. The van der Waals surface area contributed by atoms with Crippen LogP contribution in [0.4, 0.5) is 5.69 Å². The number of hydrogen-bond acceptors (Lipinski definition) is 3. The zero-order valence-electron chi connectivity index (χ0n) is 12.4. The number of rotatable bonds is 5. The van der Waals surface area contributed by atoms with Crippen molar-refractivity contribution in [2.75, 3.05) is 5.32 Å². The molecule has 0 fully saturated rings. The fraction of sp³-hybridized carbons (Fsp3) is 0.0556. The average Bonchev–Trinajstić information content (AvgIpc) is 3.09. The van der Waals surface area contributed by atoms with Crippen molar-refractivity contribution in [2.45, 2.75) is 6.54 Å². The topological polar surface area (TPSA) is 33.3 Å². The molecule has 0 saturated heterocycles. The summed E-state index contributed by atoms with van der Waals surface area (Å²) in [7, 11) is 0. The molecule has 0 spiro atoms. The van der Waals surface area contributed by atoms with Crippen molar-refractivity contribution in [3.05, 3.63) is 77.0 Å². The van der Waals surface area contributed by atoms with E-state index in [1.54, 1.807) is 11.3 Å². The van der Waals surface area contributed by atoms with Crippen molar-refractivity contribution in [2.24, 2.45) is 0 Å². The summed E-state index contributed by atoms with van der Waals surface area (Å²) in [5.74, 6) is 1.61. The molecule has 3 nitrogen and oxygen atoms in total. The van der Waals surface area contributed by atoms with E-state index >= 15 is 0 Å². The van der Waals surface area contributed by atoms with Gasteiger partial charge in [0.05, 0.1) is 6.54 Å². The lowest BCUT2D eigenvalue weighted by Gasteiger charge is -2.11. The molecular weight excluding hydrogens is 324 g/mol. The van der Waals surface area contributed by atoms with Crippen LogP contribution in [0.25, 0.3) is 0 Å². The first-order chi connectivity index (χ1) is 11.3. The van der Waals surface area contributed by atoms with Gasteiger partial charge in [-0.15, -0.1) is 11.3 Å². The van der Waals surface area contributed by atoms with Crippen molar-refractivity contribution in [3.8, 4) is 11.5 Å². The second kappa shape index (κ2) is 7.76. The molecule has 5 heteroatoms. The highest BCUT2D eigenvalue weighted by molar-refractivity contribution is 7.80. The van der Waals surface area contributed by atoms with E-state index in [1.165, 1.54) is 4.88 Å². The van der Waals surface area contributed by atoms with Gasteiger partial charge in [0.15, 0.2) is 5.11 Å². The maximum absolute atomic E-state index is 5.76. The van der Waals surface area contributed by atoms with Gasteiger partial charge < -0.3 is 15.4 Å². The first kappa shape index (κ1) is 15.5. The van der Waals surface area contributed by atoms with Crippen LogP contribution in [0.5, 0.6) is 11.5 Å². The third-order valence-corrected chi connectivity index (χ3v) is 4.22. The van der Waals surface area contributed by atoms with Crippen molar-refractivity contribution >= 4 is 34.4 Å². The fourth-order valence-electron chi connectivity index (χ4n) is 1.99. The maximum Gasteiger partial charge on any atom is 0.171 e. The summed E-state index contributed by atoms with van der Waals surface area (Å²) in [5.41, 5.74) is 0.925. The largest absolute Gasteiger partial charge is 0.457 e. The Bertz CT molecular complexity index is 740. The van der Waals surface area contributed by atoms with Gasteiger partial charge >= 0.3 is 0 Å². The highest BCUT2D eigenvalue weighted by Gasteiger charge is 2.00. The summed E-state index contributed by atoms with van der Waals surface area (Å²) < 4.78 is 5.76. The second-order valence-corrected chi connectivity index (χ2v) is 6.27. The maximum atomic E-state index is 5.76. The second-order valence-electron chi connectivity index (χ2n) is 4.83. The van der Waals surface area contributed by atoms with Crippen LogP contribution in [0, 0.1) is 0 Å². The molecule has 0 saturated carbocycles. The van der Waals surface area contributed by atoms with E-state index in [-0.39, 0.29) is 0 Å². The molecule has 2 aromatic carbocycles. The zero-order valence-corrected chi connectivity index (χ0v) is 14.0. The number of hydrogen-bond donors (Lipinski definition) is 2. The molecule has 116 valence electrons. The minimum Gasteiger partial charge on any atom is -0.457 e. The van der Waals surface area contributed by atoms with E-state index in [2.05, 4.69) is 22.1 Å². The van der Waals surface area contributed by atoms with Gasteiger partial charge in [0.25, 0.3) is 0 Å². The van der Waals surface area contributed by atoms with Gasteiger partial charge in [-0.05, 0) is 60.1 Å². The first-order valence-electron chi connectivity index (χ1n) is 7.20. The molecule has 2 N–H and O–H groups in total. The zero-order chi connectivity index (χ0) is 15.9. The summed E-state index contributed by atoms with van der Waals surface area (Å²) in [4.78, 5) is 1.25. The van der Waals surface area contributed by atoms with Gasteiger partial charge in [-0.3, -0.25) is 0 Å². The monoisotopic (exact) mass is 340 g/mol. The molecule has 0 unspecified atom stereocenters. The molecule has 0 radical (unpaired) electrons. The van der Waals surface area contributed by atoms with Crippen LogP contribution < -0.4 is 15.4 Å². The van der Waals surface area contributed by atoms with Crippen LogP contribution in [0.1, 0.15) is 4.88 Å². The lowest BCUT2D eigenvalue weighted by Crippen LogP contribution is -2.27. The summed E-state index contributed by atoms with van der Waals surface area (Å²) >= 11 is 7.01. The summed E-state index contributed by atoms with van der Waals surface area (Å²) in [5, 5.41) is 9.01. The van der Waals surface area contributed by atoms with Gasteiger partial charge in [-0.2, -0.15) is 0 Å². The van der Waals surface area contributed by atoms with Crippen LogP contribution in [-0.4, -0.2) is 5.11 Å². The Morgan fingerprint density at radius 2 is 1.65 bits per heavy atom. The average molecular weight is 340 g/mol. The highest BCUT2D eigenvalue weighted by atomic mass is 32.1. The Kier molecular flexibility index (Phi) is 5.24. The molecule has 0 bridgehead atoms. The van der Waals surface area contributed by atoms with Crippen LogP contribution in [-0.2, 0) is 6.54 Å². The molecule has 3 rings (SSSR count). The van der Waals surface area contributed by atoms with Gasteiger partial charge in [0, 0.05) is 10.6 Å². The Morgan fingerprint density at radius 1 is 0.913 bits per heavy atom. The third-order valence-electron chi connectivity index (χ3n) is 3.09. The van der Waals surface area contributed by atoms with E-state index < -0.39 is 0 Å². The number of thiophene rings is 1. The molecule has 3 aromatic rings. The fourth-order valence-corrected chi connectivity index (χ4v) is 2.82. The van der Waals surface area contributed by atoms with Crippen LogP contribution in [0.2, 0.25) is 0 Å². The predicted octanol–water partition coefficient (Wildman–Crippen LogP) is 5.03. The van der Waals surface area contributed by atoms with Gasteiger partial charge in [-0.25, -0.2) is 0 Å². The number of nitrogens with one attached hydrogen (secondary N) is 2. The van der Waals surface area contributed by atoms with Crippen LogP contribution >= 0.6 is 23.6 Å². The summed E-state index contributed by atoms with van der Waals surface area (Å²) in [6.45, 7) is 0.735. The van der Waals surface area contributed by atoms with Gasteiger partial charge in [0.2, 0.25) is 0 Å². The third kappa shape index (κ3) is 4.81. The Balaban J connectivity index is 1.51. The van der Waals surface area contributed by atoms with Crippen molar-refractivity contribution < 1.29 is 4.74 Å². The molecule has 0 aliphatic heterocycles. The van der Waals surface area contributed by atoms with E-state index in [0.29, 0.717) is 5.11 Å². The molecule has 23 heavy (non-hydrogen) atoms. The van der Waals surface area contributed by atoms with Crippen molar-refractivity contribution in [3.63, 3.8) is 0 Å². The quantitative estimate of drug-likeness (QED) is 0.639. The van der Waals surface area contributed by atoms with Crippen molar-refractivity contribution in [1.29, 1.82) is 0 Å². The predicted molar refractivity (Wildman–Crippen MR) is 100 cm³/mol. The van der Waals surface area contributed by atoms with E-state index in [4.69, 9.17) is 17.0 Å². The number of thiocarbonyl (C=S) groups is 1. The number of para-hydroxylation sites is 1. The molecule has 1 aromatic heterocycles. The highest BCUT2D eigenvalue weighted by Crippen LogP contribution is 2.22. The lowest BCUT2D eigenvalue weighted by molar-refractivity contribution is 0.483. The Labute approximate surface area is 144 Å². The lowest BCUT2D eigenvalue weighted by atomic mass is 10.3. The Hall–Kier alpha value is -2.37. The minimum atomic E-state index is 0.607. The van der Waals surface area contributed by atoms with Gasteiger partial charge in [0.1, 0.15) is 11.5 Å². The summed E-state index contributed by atoms with van der Waals surface area (Å²) in [6, 6.07) is 21.5. The van der Waals surface area contributed by atoms with E-state index in [1.807, 2.05) is 60.7 Å². The Morgan fingerprint density at radius 3 is 2.35 bits per heavy atom. The van der Waals surface area contributed by atoms with Crippen LogP contribution in [0.15, 0.2) is 72.1 Å². The SMILES string of the molecule is S=C(NCc1cccs1)Nc1ccc(Oc2ccccc2)cc1. The molecule has 0 amide bonds. The summed E-state index contributed by atoms with van der Waals surface area (Å²) in [6.07, 6.45) is 0. The minimum absolute atomic E-state index is 0.607. The van der Waals surface area contributed by atoms with Crippen molar-refractivity contribution in [1.82, 2.24) is 5.32 Å². The molecule has 0 aliphatic rings. The number of benzene rings is 2. The molecule has 0 aliphatic carbocycles. The smallest absolute Gasteiger partial charge is 0.171 e. The van der Waals surface area contributed by atoms with Crippen LogP contribution in [0.3, 0.4) is 0 Å². The molecule has 1 heterocycles. The molecular formula is C18H16N2OS2. The first-order valence-corrected chi connectivity index (χ1v) is 8.48. The number of anilines is 1. The van der Waals surface area contributed by atoms with Gasteiger partial charge in [-0.1, -0.05) is 24.3 Å². The normalized spacial score (nSPS) is 10.1. The molecule has 0 atom stereocenters. The van der Waals surface area contributed by atoms with E-state index in [9.17, 15) is 0 Å².